The van der Waals surface area contributed by atoms with Gasteiger partial charge in [-0.25, -0.2) is 0 Å². The minimum atomic E-state index is -1.21. The number of hydrogen-bond donors (Lipinski definition) is 2. The van der Waals surface area contributed by atoms with Gasteiger partial charge in [0.1, 0.15) is 17.7 Å². The van der Waals surface area contributed by atoms with E-state index in [-0.39, 0.29) is 49.3 Å². The Morgan fingerprint density at radius 1 is 1.13 bits per heavy atom. The van der Waals surface area contributed by atoms with E-state index in [0.717, 1.165) is 32.1 Å². The molecule has 3 saturated heterocycles. The zero-order valence-corrected chi connectivity index (χ0v) is 27.9. The number of benzene rings is 1. The van der Waals surface area contributed by atoms with Crippen LogP contribution in [-0.4, -0.2) is 88.1 Å². The monoisotopic (exact) mass is 649 g/mol. The van der Waals surface area contributed by atoms with Gasteiger partial charge in [0.05, 0.1) is 37.1 Å². The predicted octanol–water partition coefficient (Wildman–Crippen LogP) is 4.09. The Hall–Kier alpha value is -3.50. The first-order chi connectivity index (χ1) is 22.7. The van der Waals surface area contributed by atoms with E-state index < -0.39 is 47.7 Å². The fourth-order valence-electron chi connectivity index (χ4n) is 8.37. The van der Waals surface area contributed by atoms with Gasteiger partial charge in [0.25, 0.3) is 0 Å². The SMILES string of the molecule is C=CCCC(=O)NC[C@@H](OC(=O)[C@@H]1[C@H]2C(=O)N([C@@H](CO)C(C)C)[C@H](C(=O)N(CC=C)C3CCCCC3)[C@]23CC[C@H]1O3)c1ccccc1. The highest BCUT2D eigenvalue weighted by molar-refractivity contribution is 5.98. The smallest absolute Gasteiger partial charge is 0.313 e. The summed E-state index contributed by atoms with van der Waals surface area (Å²) < 4.78 is 12.8. The Balaban J connectivity index is 1.47. The molecule has 10 nitrogen and oxygen atoms in total. The molecule has 1 aliphatic carbocycles. The summed E-state index contributed by atoms with van der Waals surface area (Å²) in [5.74, 6) is -3.32. The summed E-state index contributed by atoms with van der Waals surface area (Å²) >= 11 is 0. The van der Waals surface area contributed by atoms with Crippen molar-refractivity contribution in [3.63, 3.8) is 0 Å². The lowest BCUT2D eigenvalue weighted by Crippen LogP contribution is -2.61. The first-order valence-electron chi connectivity index (χ1n) is 17.3. The van der Waals surface area contributed by atoms with Crippen LogP contribution in [0.4, 0.5) is 0 Å². The number of hydrogen-bond acceptors (Lipinski definition) is 7. The minimum absolute atomic E-state index is 0.0287. The van der Waals surface area contributed by atoms with Crippen molar-refractivity contribution < 1.29 is 33.8 Å². The number of allylic oxidation sites excluding steroid dienone is 1. The Morgan fingerprint density at radius 3 is 2.49 bits per heavy atom. The molecule has 5 rings (SSSR count). The van der Waals surface area contributed by atoms with Crippen LogP contribution in [0.1, 0.15) is 83.3 Å². The number of nitrogens with one attached hydrogen (secondary N) is 1. The van der Waals surface area contributed by atoms with Crippen LogP contribution in [0.3, 0.4) is 0 Å². The van der Waals surface area contributed by atoms with E-state index in [1.54, 1.807) is 17.1 Å². The summed E-state index contributed by atoms with van der Waals surface area (Å²) in [5.41, 5.74) is -0.496. The second-order valence-corrected chi connectivity index (χ2v) is 13.8. The molecule has 0 unspecified atom stereocenters. The van der Waals surface area contributed by atoms with Gasteiger partial charge in [-0.1, -0.05) is 75.6 Å². The highest BCUT2D eigenvalue weighted by atomic mass is 16.6. The molecule has 2 N–H and O–H groups in total. The summed E-state index contributed by atoms with van der Waals surface area (Å²) in [6.45, 7) is 11.5. The molecular weight excluding hydrogens is 598 g/mol. The summed E-state index contributed by atoms with van der Waals surface area (Å²) in [4.78, 5) is 59.4. The highest BCUT2D eigenvalue weighted by Gasteiger charge is 2.76. The van der Waals surface area contributed by atoms with Crippen LogP contribution in [-0.2, 0) is 28.7 Å². The molecule has 1 aromatic carbocycles. The number of ether oxygens (including phenoxy) is 2. The molecule has 3 heterocycles. The van der Waals surface area contributed by atoms with Crippen LogP contribution in [0, 0.1) is 17.8 Å². The fourth-order valence-corrected chi connectivity index (χ4v) is 8.37. The van der Waals surface area contributed by atoms with Gasteiger partial charge in [0.15, 0.2) is 0 Å². The molecule has 0 aromatic heterocycles. The molecule has 256 valence electrons. The van der Waals surface area contributed by atoms with E-state index in [1.807, 2.05) is 49.1 Å². The average molecular weight is 650 g/mol. The third-order valence-electron chi connectivity index (χ3n) is 10.7. The van der Waals surface area contributed by atoms with Crippen molar-refractivity contribution in [1.29, 1.82) is 0 Å². The number of aliphatic hydroxyl groups excluding tert-OH is 1. The average Bonchev–Trinajstić information content (AvgIpc) is 3.72. The largest absolute Gasteiger partial charge is 0.455 e. The molecule has 4 fully saturated rings. The molecule has 1 saturated carbocycles. The molecule has 3 amide bonds. The maximum Gasteiger partial charge on any atom is 0.313 e. The van der Waals surface area contributed by atoms with E-state index in [1.165, 1.54) is 0 Å². The summed E-state index contributed by atoms with van der Waals surface area (Å²) in [5, 5.41) is 13.4. The number of rotatable bonds is 15. The number of esters is 1. The van der Waals surface area contributed by atoms with Gasteiger partial charge in [-0.05, 0) is 43.6 Å². The van der Waals surface area contributed by atoms with Gasteiger partial charge < -0.3 is 29.7 Å². The molecule has 2 bridgehead atoms. The van der Waals surface area contributed by atoms with Crippen molar-refractivity contribution in [2.24, 2.45) is 17.8 Å². The molecular formula is C37H51N3O7. The van der Waals surface area contributed by atoms with Gasteiger partial charge >= 0.3 is 5.97 Å². The molecule has 4 aliphatic rings. The lowest BCUT2D eigenvalue weighted by molar-refractivity contribution is -0.161. The standard InChI is InChI=1S/C37H51N3O7/c1-5-7-18-30(42)38-22-29(25-14-10-8-11-15-25)46-36(45)31-28-19-20-37(47-28)32(31)34(43)40(27(23-41)24(3)4)33(37)35(44)39(21-6-2)26-16-12-9-13-17-26/h5-6,8,10-11,14-15,24,26-29,31-33,41H,1-2,7,9,12-13,16-23H2,3-4H3,(H,38,42)/t27-,28+,29+,31-,32-,33+,37-/m0/s1. The molecule has 1 spiro atoms. The number of carbonyl (C=O) groups is 4. The first-order valence-corrected chi connectivity index (χ1v) is 17.3. The van der Waals surface area contributed by atoms with Gasteiger partial charge in [-0.15, -0.1) is 13.2 Å². The molecule has 1 aromatic rings. The Bertz CT molecular complexity index is 1310. The number of fused-ring (bicyclic) bond motifs is 1. The number of amides is 3. The first kappa shape index (κ1) is 34.8. The maximum atomic E-state index is 14.8. The van der Waals surface area contributed by atoms with Crippen molar-refractivity contribution in [3.05, 3.63) is 61.2 Å². The second-order valence-electron chi connectivity index (χ2n) is 13.8. The quantitative estimate of drug-likeness (QED) is 0.217. The van der Waals surface area contributed by atoms with Crippen molar-refractivity contribution >= 4 is 23.7 Å². The zero-order valence-electron chi connectivity index (χ0n) is 27.9. The van der Waals surface area contributed by atoms with E-state index >= 15 is 0 Å². The third kappa shape index (κ3) is 6.77. The van der Waals surface area contributed by atoms with E-state index in [2.05, 4.69) is 18.5 Å². The topological polar surface area (TPSA) is 125 Å². The Labute approximate surface area is 278 Å². The number of likely N-dealkylation sites (tertiary alicyclic amines) is 1. The minimum Gasteiger partial charge on any atom is -0.455 e. The normalized spacial score (nSPS) is 28.1. The summed E-state index contributed by atoms with van der Waals surface area (Å²) in [7, 11) is 0. The van der Waals surface area contributed by atoms with Gasteiger partial charge in [0, 0.05) is 19.0 Å². The van der Waals surface area contributed by atoms with E-state index in [4.69, 9.17) is 9.47 Å². The maximum absolute atomic E-state index is 14.8. The van der Waals surface area contributed by atoms with Crippen molar-refractivity contribution in [3.8, 4) is 0 Å². The third-order valence-corrected chi connectivity index (χ3v) is 10.7. The lowest BCUT2D eigenvalue weighted by Gasteiger charge is -2.43. The molecule has 10 heteroatoms. The van der Waals surface area contributed by atoms with Gasteiger partial charge in [-0.2, -0.15) is 0 Å². The van der Waals surface area contributed by atoms with Gasteiger partial charge in [-0.3, -0.25) is 19.2 Å². The zero-order chi connectivity index (χ0) is 33.7. The number of carbonyl (C=O) groups excluding carboxylic acids is 4. The highest BCUT2D eigenvalue weighted by Crippen LogP contribution is 2.59. The van der Waals surface area contributed by atoms with Crippen molar-refractivity contribution in [2.45, 2.75) is 108 Å². The van der Waals surface area contributed by atoms with Gasteiger partial charge in [0.2, 0.25) is 17.7 Å². The van der Waals surface area contributed by atoms with Crippen LogP contribution >= 0.6 is 0 Å². The summed E-state index contributed by atoms with van der Waals surface area (Å²) in [6, 6.07) is 7.62. The summed E-state index contributed by atoms with van der Waals surface area (Å²) in [6.07, 6.45) is 8.74. The molecule has 0 radical (unpaired) electrons. The Kier molecular flexibility index (Phi) is 11.2. The van der Waals surface area contributed by atoms with Crippen LogP contribution in [0.15, 0.2) is 55.6 Å². The number of nitrogens with zero attached hydrogens (tertiary/aromatic N) is 2. The molecule has 7 atom stereocenters. The lowest BCUT2D eigenvalue weighted by atomic mass is 9.70. The van der Waals surface area contributed by atoms with Crippen molar-refractivity contribution in [1.82, 2.24) is 15.1 Å². The second kappa shape index (κ2) is 15.2. The molecule has 47 heavy (non-hydrogen) atoms. The van der Waals surface area contributed by atoms with Crippen LogP contribution in [0.5, 0.6) is 0 Å². The van der Waals surface area contributed by atoms with Crippen LogP contribution in [0.2, 0.25) is 0 Å². The number of aliphatic hydroxyl groups is 1. The van der Waals surface area contributed by atoms with E-state index in [0.29, 0.717) is 31.4 Å². The predicted molar refractivity (Wildman–Crippen MR) is 177 cm³/mol. The van der Waals surface area contributed by atoms with Crippen LogP contribution in [0.25, 0.3) is 0 Å². The van der Waals surface area contributed by atoms with Crippen molar-refractivity contribution in [2.75, 3.05) is 19.7 Å². The van der Waals surface area contributed by atoms with Crippen LogP contribution < -0.4 is 5.32 Å². The Morgan fingerprint density at radius 2 is 1.85 bits per heavy atom. The molecule has 3 aliphatic heterocycles. The van der Waals surface area contributed by atoms with E-state index in [9.17, 15) is 24.3 Å². The fraction of sp³-hybridized carbons (Fsp3) is 0.622.